The van der Waals surface area contributed by atoms with Crippen LogP contribution in [0.3, 0.4) is 0 Å². The van der Waals surface area contributed by atoms with Crippen LogP contribution in [0.25, 0.3) is 11.3 Å². The Morgan fingerprint density at radius 1 is 1.17 bits per heavy atom. The number of aromatic nitrogens is 2. The molecule has 0 atom stereocenters. The summed E-state index contributed by atoms with van der Waals surface area (Å²) in [5, 5.41) is 3.91. The first-order valence-corrected chi connectivity index (χ1v) is 6.87. The highest BCUT2D eigenvalue weighted by Gasteiger charge is 2.21. The van der Waals surface area contributed by atoms with E-state index in [9.17, 15) is 8.42 Å². The van der Waals surface area contributed by atoms with E-state index in [1.165, 1.54) is 20.3 Å². The van der Waals surface area contributed by atoms with Crippen LogP contribution in [-0.4, -0.2) is 36.0 Å². The summed E-state index contributed by atoms with van der Waals surface area (Å²) in [4.78, 5) is 0. The number of hydrogen-bond acceptors (Lipinski definition) is 3. The van der Waals surface area contributed by atoms with Gasteiger partial charge in [-0.3, -0.25) is 0 Å². The molecule has 2 rings (SSSR count). The number of benzene rings is 1. The van der Waals surface area contributed by atoms with E-state index in [0.29, 0.717) is 5.69 Å². The second-order valence-corrected chi connectivity index (χ2v) is 6.14. The van der Waals surface area contributed by atoms with Gasteiger partial charge in [-0.2, -0.15) is 17.8 Å². The second-order valence-electron chi connectivity index (χ2n) is 4.16. The van der Waals surface area contributed by atoms with Gasteiger partial charge in [-0.1, -0.05) is 24.3 Å². The van der Waals surface area contributed by atoms with Crippen molar-refractivity contribution in [3.63, 3.8) is 0 Å². The summed E-state index contributed by atoms with van der Waals surface area (Å²) in [6.45, 7) is 1.94. The Morgan fingerprint density at radius 3 is 2.44 bits per heavy atom. The number of rotatable bonds is 3. The fraction of sp³-hybridized carbons (Fsp3) is 0.250. The first kappa shape index (κ1) is 12.8. The molecule has 0 fully saturated rings. The summed E-state index contributed by atoms with van der Waals surface area (Å²) in [6, 6.07) is 9.31. The summed E-state index contributed by atoms with van der Waals surface area (Å²) in [7, 11) is -0.621. The van der Waals surface area contributed by atoms with Gasteiger partial charge in [-0.05, 0) is 18.6 Å². The Labute approximate surface area is 107 Å². The van der Waals surface area contributed by atoms with Crippen LogP contribution in [-0.2, 0) is 10.2 Å². The van der Waals surface area contributed by atoms with Gasteiger partial charge >= 0.3 is 10.2 Å². The maximum atomic E-state index is 12.1. The molecule has 96 valence electrons. The van der Waals surface area contributed by atoms with Crippen LogP contribution < -0.4 is 0 Å². The van der Waals surface area contributed by atoms with Gasteiger partial charge in [0.2, 0.25) is 0 Å². The van der Waals surface area contributed by atoms with E-state index in [4.69, 9.17) is 0 Å². The summed E-state index contributed by atoms with van der Waals surface area (Å²) in [5.74, 6) is 0. The van der Waals surface area contributed by atoms with Crippen LogP contribution in [0.5, 0.6) is 0 Å². The molecule has 1 aromatic heterocycles. The molecule has 0 N–H and O–H groups in total. The van der Waals surface area contributed by atoms with E-state index in [1.807, 2.05) is 31.2 Å². The molecule has 0 aliphatic carbocycles. The fourth-order valence-electron chi connectivity index (χ4n) is 1.68. The van der Waals surface area contributed by atoms with E-state index < -0.39 is 10.2 Å². The lowest BCUT2D eigenvalue weighted by atomic mass is 10.1. The Kier molecular flexibility index (Phi) is 3.23. The molecule has 1 heterocycles. The van der Waals surface area contributed by atoms with Gasteiger partial charge in [0.25, 0.3) is 0 Å². The summed E-state index contributed by atoms with van der Waals surface area (Å²) in [6.07, 6.45) is 1.49. The summed E-state index contributed by atoms with van der Waals surface area (Å²) < 4.78 is 26.4. The van der Waals surface area contributed by atoms with Crippen molar-refractivity contribution in [2.75, 3.05) is 14.1 Å². The average molecular weight is 265 g/mol. The Hall–Kier alpha value is -1.66. The zero-order valence-corrected chi connectivity index (χ0v) is 11.3. The van der Waals surface area contributed by atoms with E-state index >= 15 is 0 Å². The molecule has 0 spiro atoms. The molecule has 18 heavy (non-hydrogen) atoms. The molecule has 0 saturated carbocycles. The Bertz CT molecular complexity index is 659. The van der Waals surface area contributed by atoms with Crippen molar-refractivity contribution in [2.45, 2.75) is 6.92 Å². The molecule has 0 radical (unpaired) electrons. The van der Waals surface area contributed by atoms with Gasteiger partial charge < -0.3 is 0 Å². The van der Waals surface area contributed by atoms with Crippen molar-refractivity contribution in [3.8, 4) is 11.3 Å². The second kappa shape index (κ2) is 4.55. The lowest BCUT2D eigenvalue weighted by Crippen LogP contribution is -2.30. The van der Waals surface area contributed by atoms with Gasteiger partial charge in [0.1, 0.15) is 0 Å². The normalized spacial score (nSPS) is 12.0. The van der Waals surface area contributed by atoms with Crippen LogP contribution in [0.1, 0.15) is 5.56 Å². The third-order valence-electron chi connectivity index (χ3n) is 2.71. The minimum absolute atomic E-state index is 0.571. The molecule has 0 aliphatic rings. The van der Waals surface area contributed by atoms with Crippen LogP contribution in [0.2, 0.25) is 0 Å². The first-order valence-electron chi connectivity index (χ1n) is 5.47. The molecule has 2 aromatic rings. The van der Waals surface area contributed by atoms with E-state index in [1.54, 1.807) is 6.07 Å². The molecule has 5 nitrogen and oxygen atoms in total. The van der Waals surface area contributed by atoms with Gasteiger partial charge in [0.15, 0.2) is 0 Å². The van der Waals surface area contributed by atoms with E-state index in [2.05, 4.69) is 5.10 Å². The van der Waals surface area contributed by atoms with Crippen LogP contribution in [0, 0.1) is 6.92 Å². The van der Waals surface area contributed by atoms with Crippen molar-refractivity contribution in [2.24, 2.45) is 0 Å². The molecule has 6 heteroatoms. The van der Waals surface area contributed by atoms with E-state index in [0.717, 1.165) is 19.5 Å². The Balaban J connectivity index is 2.64. The van der Waals surface area contributed by atoms with Gasteiger partial charge in [-0.15, -0.1) is 4.09 Å². The predicted molar refractivity (Wildman–Crippen MR) is 70.4 cm³/mol. The molecule has 0 unspecified atom stereocenters. The monoisotopic (exact) mass is 265 g/mol. The standard InChI is InChI=1S/C12H15N3O2S/c1-10-6-4-5-7-11(10)12-8-9-13-15(12)18(16,17)14(2)3/h4-9H,1-3H3. The topological polar surface area (TPSA) is 55.2 Å². The molecule has 0 bridgehead atoms. The zero-order valence-electron chi connectivity index (χ0n) is 10.5. The maximum absolute atomic E-state index is 12.1. The smallest absolute Gasteiger partial charge is 0.189 e. The lowest BCUT2D eigenvalue weighted by molar-refractivity contribution is 0.504. The SMILES string of the molecule is Cc1ccccc1-c1ccnn1S(=O)(=O)N(C)C. The first-order chi connectivity index (χ1) is 8.44. The van der Waals surface area contributed by atoms with Crippen molar-refractivity contribution < 1.29 is 8.42 Å². The lowest BCUT2D eigenvalue weighted by Gasteiger charge is -2.14. The van der Waals surface area contributed by atoms with Gasteiger partial charge in [0, 0.05) is 19.7 Å². The van der Waals surface area contributed by atoms with E-state index in [-0.39, 0.29) is 0 Å². The highest BCUT2D eigenvalue weighted by molar-refractivity contribution is 7.87. The molecule has 1 aromatic carbocycles. The summed E-state index contributed by atoms with van der Waals surface area (Å²) >= 11 is 0. The highest BCUT2D eigenvalue weighted by atomic mass is 32.2. The minimum Gasteiger partial charge on any atom is -0.189 e. The molecule has 0 saturated heterocycles. The fourth-order valence-corrected chi connectivity index (χ4v) is 2.57. The van der Waals surface area contributed by atoms with Crippen molar-refractivity contribution >= 4 is 10.2 Å². The molecular formula is C12H15N3O2S. The largest absolute Gasteiger partial charge is 0.322 e. The average Bonchev–Trinajstić information content (AvgIpc) is 2.78. The molecule has 0 amide bonds. The molecular weight excluding hydrogens is 250 g/mol. The Morgan fingerprint density at radius 2 is 1.83 bits per heavy atom. The quantitative estimate of drug-likeness (QED) is 0.845. The maximum Gasteiger partial charge on any atom is 0.322 e. The van der Waals surface area contributed by atoms with Crippen molar-refractivity contribution in [1.82, 2.24) is 13.5 Å². The van der Waals surface area contributed by atoms with Crippen LogP contribution in [0.4, 0.5) is 0 Å². The van der Waals surface area contributed by atoms with Crippen LogP contribution >= 0.6 is 0 Å². The van der Waals surface area contributed by atoms with Crippen molar-refractivity contribution in [3.05, 3.63) is 42.1 Å². The van der Waals surface area contributed by atoms with Crippen LogP contribution in [0.15, 0.2) is 36.5 Å². The third-order valence-corrected chi connectivity index (χ3v) is 4.36. The zero-order chi connectivity index (χ0) is 13.3. The number of aryl methyl sites for hydroxylation is 1. The molecule has 0 aliphatic heterocycles. The number of hydrogen-bond donors (Lipinski definition) is 0. The van der Waals surface area contributed by atoms with Gasteiger partial charge in [0.05, 0.1) is 11.9 Å². The highest BCUT2D eigenvalue weighted by Crippen LogP contribution is 2.24. The summed E-state index contributed by atoms with van der Waals surface area (Å²) in [5.41, 5.74) is 2.44. The third kappa shape index (κ3) is 2.04. The minimum atomic E-state index is -3.59. The number of nitrogens with zero attached hydrogens (tertiary/aromatic N) is 3. The van der Waals surface area contributed by atoms with Crippen molar-refractivity contribution in [1.29, 1.82) is 0 Å². The predicted octanol–water partition coefficient (Wildman–Crippen LogP) is 1.51. The van der Waals surface area contributed by atoms with Gasteiger partial charge in [-0.25, -0.2) is 0 Å².